The maximum atomic E-state index is 12.3. The molecule has 1 unspecified atom stereocenters. The van der Waals surface area contributed by atoms with Gasteiger partial charge in [0.25, 0.3) is 5.76 Å². The molecule has 0 heterocycles. The van der Waals surface area contributed by atoms with Crippen molar-refractivity contribution in [1.29, 1.82) is 0 Å². The molecule has 2 nitrogen and oxygen atoms in total. The molecule has 0 radical (unpaired) electrons. The Balaban J connectivity index is 2.37. The van der Waals surface area contributed by atoms with E-state index >= 15 is 0 Å². The molecule has 1 N–H and O–H groups in total. The molecular weight excluding hydrogens is 258 g/mol. The van der Waals surface area contributed by atoms with Gasteiger partial charge in [0.05, 0.1) is 5.41 Å². The maximum absolute atomic E-state index is 12.3. The van der Waals surface area contributed by atoms with Gasteiger partial charge in [0.1, 0.15) is 0 Å². The third-order valence-corrected chi connectivity index (χ3v) is 4.36. The number of alkyl halides is 2. The molecule has 1 aliphatic rings. The van der Waals surface area contributed by atoms with Crippen molar-refractivity contribution < 1.29 is 18.7 Å². The number of carboxylic acid groups (broad SMARTS) is 1. The van der Waals surface area contributed by atoms with Crippen LogP contribution in [0.2, 0.25) is 0 Å². The Morgan fingerprint density at radius 2 is 2.06 bits per heavy atom. The van der Waals surface area contributed by atoms with E-state index in [4.69, 9.17) is 0 Å². The highest BCUT2D eigenvalue weighted by Gasteiger charge is 2.67. The van der Waals surface area contributed by atoms with E-state index < -0.39 is 17.1 Å². The van der Waals surface area contributed by atoms with Crippen LogP contribution in [-0.4, -0.2) is 16.8 Å². The fourth-order valence-corrected chi connectivity index (χ4v) is 3.10. The fraction of sp³-hybridized carbons (Fsp3) is 0.462. The Hall–Kier alpha value is -1.10. The van der Waals surface area contributed by atoms with Crippen LogP contribution in [0.5, 0.6) is 0 Å². The fourth-order valence-electron chi connectivity index (χ4n) is 2.54. The number of thioether (sulfide) groups is 1. The second-order valence-corrected chi connectivity index (χ2v) is 6.24. The molecule has 18 heavy (non-hydrogen) atoms. The normalized spacial score (nSPS) is 25.2. The highest BCUT2D eigenvalue weighted by atomic mass is 32.2. The number of benzene rings is 1. The average molecular weight is 272 g/mol. The minimum Gasteiger partial charge on any atom is -0.481 e. The van der Waals surface area contributed by atoms with Crippen molar-refractivity contribution in [3.63, 3.8) is 0 Å². The topological polar surface area (TPSA) is 37.3 Å². The van der Waals surface area contributed by atoms with Gasteiger partial charge in [0.2, 0.25) is 0 Å². The molecule has 1 fully saturated rings. The predicted molar refractivity (Wildman–Crippen MR) is 66.0 cm³/mol. The number of aliphatic carboxylic acids is 1. The van der Waals surface area contributed by atoms with Crippen LogP contribution in [0.3, 0.4) is 0 Å². The molecule has 1 saturated carbocycles. The van der Waals surface area contributed by atoms with Crippen molar-refractivity contribution in [2.75, 3.05) is 0 Å². The van der Waals surface area contributed by atoms with Gasteiger partial charge in [-0.1, -0.05) is 37.7 Å². The second kappa shape index (κ2) is 4.23. The lowest BCUT2D eigenvalue weighted by Crippen LogP contribution is -2.25. The zero-order valence-corrected chi connectivity index (χ0v) is 10.9. The molecule has 1 aliphatic carbocycles. The van der Waals surface area contributed by atoms with Gasteiger partial charge in [-0.25, -0.2) is 0 Å². The Morgan fingerprint density at radius 1 is 1.44 bits per heavy atom. The van der Waals surface area contributed by atoms with Crippen LogP contribution < -0.4 is 0 Å². The van der Waals surface area contributed by atoms with Crippen LogP contribution in [-0.2, 0) is 10.2 Å². The summed E-state index contributed by atoms with van der Waals surface area (Å²) < 4.78 is 24.6. The second-order valence-electron chi connectivity index (χ2n) is 5.18. The summed E-state index contributed by atoms with van der Waals surface area (Å²) in [6, 6.07) is 6.49. The molecule has 1 aromatic carbocycles. The molecule has 1 atom stereocenters. The molecule has 98 valence electrons. The zero-order chi connectivity index (χ0) is 13.6. The Kier molecular flexibility index (Phi) is 3.13. The summed E-state index contributed by atoms with van der Waals surface area (Å²) in [5.74, 6) is -3.38. The summed E-state index contributed by atoms with van der Waals surface area (Å²) in [5.41, 5.74) is -0.635. The Labute approximate surface area is 108 Å². The van der Waals surface area contributed by atoms with Crippen molar-refractivity contribution in [3.8, 4) is 0 Å². The van der Waals surface area contributed by atoms with E-state index in [9.17, 15) is 18.7 Å². The van der Waals surface area contributed by atoms with Crippen LogP contribution in [0.25, 0.3) is 0 Å². The van der Waals surface area contributed by atoms with E-state index in [1.165, 1.54) is 0 Å². The monoisotopic (exact) mass is 272 g/mol. The first-order valence-corrected chi connectivity index (χ1v) is 6.46. The van der Waals surface area contributed by atoms with Gasteiger partial charge in [0, 0.05) is 4.90 Å². The molecular formula is C13H14F2O2S. The van der Waals surface area contributed by atoms with E-state index in [0.717, 1.165) is 0 Å². The molecule has 0 spiro atoms. The molecule has 1 aromatic rings. The maximum Gasteiger partial charge on any atom is 0.314 e. The Morgan fingerprint density at radius 3 is 2.50 bits per heavy atom. The number of carbonyl (C=O) groups is 1. The van der Waals surface area contributed by atoms with Gasteiger partial charge in [-0.2, -0.15) is 8.78 Å². The lowest BCUT2D eigenvalue weighted by atomic mass is 9.88. The van der Waals surface area contributed by atoms with Gasteiger partial charge in [-0.15, -0.1) is 0 Å². The number of rotatable bonds is 4. The van der Waals surface area contributed by atoms with Gasteiger partial charge in [-0.05, 0) is 29.5 Å². The quantitative estimate of drug-likeness (QED) is 0.848. The van der Waals surface area contributed by atoms with E-state index in [1.807, 2.05) is 13.8 Å². The summed E-state index contributed by atoms with van der Waals surface area (Å²) in [5, 5.41) is 9.41. The van der Waals surface area contributed by atoms with Crippen molar-refractivity contribution in [2.45, 2.75) is 36.3 Å². The van der Waals surface area contributed by atoms with Crippen LogP contribution in [0.4, 0.5) is 8.78 Å². The third-order valence-electron chi connectivity index (χ3n) is 3.65. The molecule has 0 amide bonds. The summed E-state index contributed by atoms with van der Waals surface area (Å²) in [6.07, 6.45) is 0.540. The van der Waals surface area contributed by atoms with Gasteiger partial charge < -0.3 is 5.11 Å². The standard InChI is InChI=1S/C13H14F2O2S/c1-12(2)7-13(12,10(16)17)8-4-3-5-9(6-8)18-11(14)15/h3-6,11H,7H2,1-2H3,(H,16,17). The van der Waals surface area contributed by atoms with Crippen LogP contribution in [0.1, 0.15) is 25.8 Å². The first-order valence-electron chi connectivity index (χ1n) is 5.58. The predicted octanol–water partition coefficient (Wildman–Crippen LogP) is 3.75. The van der Waals surface area contributed by atoms with Gasteiger partial charge in [0.15, 0.2) is 0 Å². The summed E-state index contributed by atoms with van der Waals surface area (Å²) in [7, 11) is 0. The van der Waals surface area contributed by atoms with Crippen molar-refractivity contribution in [3.05, 3.63) is 29.8 Å². The summed E-state index contributed by atoms with van der Waals surface area (Å²) >= 11 is 0.442. The molecule has 5 heteroatoms. The van der Waals surface area contributed by atoms with E-state index in [-0.39, 0.29) is 5.41 Å². The SMILES string of the molecule is CC1(C)CC1(C(=O)O)c1cccc(SC(F)F)c1. The highest BCUT2D eigenvalue weighted by molar-refractivity contribution is 7.99. The number of halogens is 2. The highest BCUT2D eigenvalue weighted by Crippen LogP contribution is 2.64. The average Bonchev–Trinajstić information content (AvgIpc) is 2.83. The van der Waals surface area contributed by atoms with Crippen LogP contribution >= 0.6 is 11.8 Å². The first-order chi connectivity index (χ1) is 8.29. The molecule has 0 aromatic heterocycles. The van der Waals surface area contributed by atoms with Crippen LogP contribution in [0.15, 0.2) is 29.2 Å². The summed E-state index contributed by atoms with van der Waals surface area (Å²) in [4.78, 5) is 11.9. The van der Waals surface area contributed by atoms with Crippen LogP contribution in [0, 0.1) is 5.41 Å². The van der Waals surface area contributed by atoms with Gasteiger partial charge in [-0.3, -0.25) is 4.79 Å². The molecule has 0 aliphatic heterocycles. The van der Waals surface area contributed by atoms with Gasteiger partial charge >= 0.3 is 5.97 Å². The van der Waals surface area contributed by atoms with E-state index in [1.54, 1.807) is 24.3 Å². The summed E-state index contributed by atoms with van der Waals surface area (Å²) in [6.45, 7) is 3.77. The lowest BCUT2D eigenvalue weighted by molar-refractivity contribution is -0.141. The van der Waals surface area contributed by atoms with E-state index in [0.29, 0.717) is 28.6 Å². The minimum absolute atomic E-state index is 0.326. The molecule has 0 bridgehead atoms. The lowest BCUT2D eigenvalue weighted by Gasteiger charge is -2.17. The largest absolute Gasteiger partial charge is 0.481 e. The molecule has 0 saturated heterocycles. The number of hydrogen-bond acceptors (Lipinski definition) is 2. The van der Waals surface area contributed by atoms with Crippen molar-refractivity contribution >= 4 is 17.7 Å². The van der Waals surface area contributed by atoms with Crippen molar-refractivity contribution in [1.82, 2.24) is 0 Å². The number of carboxylic acids is 1. The Bertz CT molecular complexity index is 488. The number of hydrogen-bond donors (Lipinski definition) is 1. The first kappa shape index (κ1) is 13.3. The smallest absolute Gasteiger partial charge is 0.314 e. The third kappa shape index (κ3) is 2.00. The van der Waals surface area contributed by atoms with E-state index in [2.05, 4.69) is 0 Å². The minimum atomic E-state index is -2.49. The molecule has 2 rings (SSSR count). The zero-order valence-electron chi connectivity index (χ0n) is 10.1. The van der Waals surface area contributed by atoms with Crippen molar-refractivity contribution in [2.24, 2.45) is 5.41 Å².